The highest BCUT2D eigenvalue weighted by atomic mass is 16.5. The van der Waals surface area contributed by atoms with Gasteiger partial charge in [0.15, 0.2) is 12.4 Å². The molecule has 1 aromatic heterocycles. The molecular formula is C9H12N2O3. The maximum atomic E-state index is 11.0. The van der Waals surface area contributed by atoms with Crippen molar-refractivity contribution in [1.82, 2.24) is 0 Å². The van der Waals surface area contributed by atoms with Crippen molar-refractivity contribution in [2.75, 3.05) is 7.11 Å². The van der Waals surface area contributed by atoms with Gasteiger partial charge in [0.1, 0.15) is 6.04 Å². The lowest BCUT2D eigenvalue weighted by Gasteiger charge is -2.08. The molecule has 0 saturated carbocycles. The Morgan fingerprint density at radius 2 is 2.50 bits per heavy atom. The Hall–Kier alpha value is -1.62. The van der Waals surface area contributed by atoms with Crippen molar-refractivity contribution in [2.24, 2.45) is 5.73 Å². The molecule has 0 fully saturated rings. The number of hydrogen-bond donors (Lipinski definition) is 1. The summed E-state index contributed by atoms with van der Waals surface area (Å²) in [5.41, 5.74) is 6.23. The lowest BCUT2D eigenvalue weighted by atomic mass is 10.1. The Bertz CT molecular complexity index is 328. The predicted octanol–water partition coefficient (Wildman–Crippen LogP) is -0.637. The van der Waals surface area contributed by atoms with Crippen LogP contribution in [0.5, 0.6) is 0 Å². The summed E-state index contributed by atoms with van der Waals surface area (Å²) in [6, 6.07) is 2.62. The molecule has 0 radical (unpaired) electrons. The number of methoxy groups -OCH3 is 1. The molecule has 76 valence electrons. The first-order valence-electron chi connectivity index (χ1n) is 4.14. The van der Waals surface area contributed by atoms with Crippen molar-refractivity contribution < 1.29 is 14.3 Å². The fourth-order valence-corrected chi connectivity index (χ4v) is 1.11. The number of carbonyl (C=O) groups is 1. The Kier molecular flexibility index (Phi) is 3.41. The minimum Gasteiger partial charge on any atom is -0.619 e. The average Bonchev–Trinajstić information content (AvgIpc) is 2.16. The van der Waals surface area contributed by atoms with Gasteiger partial charge in [0.25, 0.3) is 0 Å². The number of nitrogens with zero attached hydrogens (tertiary/aromatic N) is 1. The van der Waals surface area contributed by atoms with Gasteiger partial charge in [0, 0.05) is 18.1 Å². The van der Waals surface area contributed by atoms with Gasteiger partial charge in [-0.1, -0.05) is 0 Å². The van der Waals surface area contributed by atoms with Crippen molar-refractivity contribution in [3.63, 3.8) is 0 Å². The molecule has 0 amide bonds. The van der Waals surface area contributed by atoms with Gasteiger partial charge in [-0.15, -0.1) is 0 Å². The van der Waals surface area contributed by atoms with E-state index in [-0.39, 0.29) is 0 Å². The van der Waals surface area contributed by atoms with E-state index in [1.165, 1.54) is 19.5 Å². The summed E-state index contributed by atoms with van der Waals surface area (Å²) >= 11 is 0. The van der Waals surface area contributed by atoms with Crippen LogP contribution in [0.25, 0.3) is 0 Å². The Morgan fingerprint density at radius 1 is 1.79 bits per heavy atom. The lowest BCUT2D eigenvalue weighted by molar-refractivity contribution is -0.605. The summed E-state index contributed by atoms with van der Waals surface area (Å²) in [4.78, 5) is 11.0. The lowest BCUT2D eigenvalue weighted by Crippen LogP contribution is -2.34. The van der Waals surface area contributed by atoms with E-state index in [4.69, 9.17) is 5.73 Å². The van der Waals surface area contributed by atoms with E-state index in [0.717, 1.165) is 0 Å². The predicted molar refractivity (Wildman–Crippen MR) is 49.1 cm³/mol. The summed E-state index contributed by atoms with van der Waals surface area (Å²) in [7, 11) is 1.28. The Morgan fingerprint density at radius 3 is 3.07 bits per heavy atom. The van der Waals surface area contributed by atoms with Crippen molar-refractivity contribution in [1.29, 1.82) is 0 Å². The van der Waals surface area contributed by atoms with Gasteiger partial charge in [-0.3, -0.25) is 4.79 Å². The second-order valence-corrected chi connectivity index (χ2v) is 2.91. The first-order chi connectivity index (χ1) is 6.63. The second kappa shape index (κ2) is 4.57. The third-order valence-corrected chi connectivity index (χ3v) is 1.80. The molecule has 5 nitrogen and oxygen atoms in total. The van der Waals surface area contributed by atoms with Gasteiger partial charge in [0.05, 0.1) is 7.11 Å². The largest absolute Gasteiger partial charge is 0.619 e. The highest BCUT2D eigenvalue weighted by Gasteiger charge is 2.14. The topological polar surface area (TPSA) is 79.3 Å². The number of carbonyl (C=O) groups excluding carboxylic acids is 1. The zero-order chi connectivity index (χ0) is 10.6. The molecule has 1 unspecified atom stereocenters. The zero-order valence-corrected chi connectivity index (χ0v) is 7.84. The molecule has 0 aliphatic carbocycles. The maximum Gasteiger partial charge on any atom is 0.322 e. The van der Waals surface area contributed by atoms with Crippen molar-refractivity contribution >= 4 is 5.97 Å². The van der Waals surface area contributed by atoms with Gasteiger partial charge in [0.2, 0.25) is 0 Å². The van der Waals surface area contributed by atoms with Crippen LogP contribution in [0, 0.1) is 5.21 Å². The minimum absolute atomic E-state index is 0.301. The van der Waals surface area contributed by atoms with Crippen LogP contribution in [0.15, 0.2) is 24.5 Å². The first kappa shape index (κ1) is 10.5. The monoisotopic (exact) mass is 196 g/mol. The highest BCUT2D eigenvalue weighted by Crippen LogP contribution is 1.99. The normalized spacial score (nSPS) is 12.1. The van der Waals surface area contributed by atoms with Crippen LogP contribution in [0.4, 0.5) is 0 Å². The van der Waals surface area contributed by atoms with Crippen LogP contribution >= 0.6 is 0 Å². The molecule has 5 heteroatoms. The van der Waals surface area contributed by atoms with E-state index in [1.54, 1.807) is 12.1 Å². The molecule has 14 heavy (non-hydrogen) atoms. The van der Waals surface area contributed by atoms with E-state index in [2.05, 4.69) is 4.74 Å². The standard InChI is InChI=1S/C9H12N2O3/c1-14-9(12)8(10)5-7-3-2-4-11(13)6-7/h2-4,6,8H,5,10H2,1H3. The quantitative estimate of drug-likeness (QED) is 0.396. The number of hydrogen-bond acceptors (Lipinski definition) is 4. The second-order valence-electron chi connectivity index (χ2n) is 2.91. The van der Waals surface area contributed by atoms with E-state index in [9.17, 15) is 10.0 Å². The van der Waals surface area contributed by atoms with Crippen molar-refractivity contribution in [3.8, 4) is 0 Å². The molecule has 0 aliphatic rings. The Balaban J connectivity index is 2.64. The van der Waals surface area contributed by atoms with E-state index in [0.29, 0.717) is 16.7 Å². The first-order valence-corrected chi connectivity index (χ1v) is 4.14. The van der Waals surface area contributed by atoms with Gasteiger partial charge in [-0.05, 0) is 6.07 Å². The SMILES string of the molecule is COC(=O)C(N)Cc1ccc[n+]([O-])c1. The number of esters is 1. The average molecular weight is 196 g/mol. The van der Waals surface area contributed by atoms with Crippen molar-refractivity contribution in [2.45, 2.75) is 12.5 Å². The molecule has 0 aromatic carbocycles. The van der Waals surface area contributed by atoms with E-state index < -0.39 is 12.0 Å². The van der Waals surface area contributed by atoms with Crippen LogP contribution in [0.1, 0.15) is 5.56 Å². The van der Waals surface area contributed by atoms with E-state index >= 15 is 0 Å². The minimum atomic E-state index is -0.720. The highest BCUT2D eigenvalue weighted by molar-refractivity contribution is 5.75. The molecule has 0 aliphatic heterocycles. The van der Waals surface area contributed by atoms with Gasteiger partial charge < -0.3 is 15.7 Å². The zero-order valence-electron chi connectivity index (χ0n) is 7.84. The molecule has 0 spiro atoms. The summed E-state index contributed by atoms with van der Waals surface area (Å²) in [6.45, 7) is 0. The van der Waals surface area contributed by atoms with Crippen LogP contribution in [-0.4, -0.2) is 19.1 Å². The van der Waals surface area contributed by atoms with Gasteiger partial charge >= 0.3 is 5.97 Å². The van der Waals surface area contributed by atoms with Gasteiger partial charge in [-0.2, -0.15) is 4.73 Å². The smallest absolute Gasteiger partial charge is 0.322 e. The van der Waals surface area contributed by atoms with Crippen LogP contribution in [-0.2, 0) is 16.0 Å². The molecule has 0 bridgehead atoms. The number of pyridine rings is 1. The molecule has 1 heterocycles. The third-order valence-electron chi connectivity index (χ3n) is 1.80. The molecule has 0 saturated heterocycles. The number of rotatable bonds is 3. The summed E-state index contributed by atoms with van der Waals surface area (Å²) in [6.07, 6.45) is 3.05. The van der Waals surface area contributed by atoms with Crippen molar-refractivity contribution in [3.05, 3.63) is 35.3 Å². The summed E-state index contributed by atoms with van der Waals surface area (Å²) < 4.78 is 5.13. The Labute approximate surface area is 81.7 Å². The third kappa shape index (κ3) is 2.70. The van der Waals surface area contributed by atoms with Gasteiger partial charge in [-0.25, -0.2) is 0 Å². The van der Waals surface area contributed by atoms with Crippen LogP contribution in [0.2, 0.25) is 0 Å². The molecule has 1 atom stereocenters. The molecule has 1 aromatic rings. The van der Waals surface area contributed by atoms with E-state index in [1.807, 2.05) is 0 Å². The molecule has 2 N–H and O–H groups in total. The maximum absolute atomic E-state index is 11.0. The number of ether oxygens (including phenoxy) is 1. The summed E-state index contributed by atoms with van der Waals surface area (Å²) in [5, 5.41) is 10.9. The fourth-order valence-electron chi connectivity index (χ4n) is 1.11. The van der Waals surface area contributed by atoms with Crippen LogP contribution in [0.3, 0.4) is 0 Å². The molecular weight excluding hydrogens is 184 g/mol. The summed E-state index contributed by atoms with van der Waals surface area (Å²) in [5.74, 6) is -0.480. The number of aromatic nitrogens is 1. The number of nitrogens with two attached hydrogens (primary N) is 1. The fraction of sp³-hybridized carbons (Fsp3) is 0.333. The molecule has 1 rings (SSSR count). The van der Waals surface area contributed by atoms with Crippen LogP contribution < -0.4 is 10.5 Å².